The van der Waals surface area contributed by atoms with Gasteiger partial charge in [-0.25, -0.2) is 0 Å². The Morgan fingerprint density at radius 1 is 1.17 bits per heavy atom. The molecule has 7 heteroatoms. The molecule has 1 atom stereocenters. The minimum absolute atomic E-state index is 0.250. The molecule has 0 aromatic rings. The molecule has 1 aliphatic heterocycles. The van der Waals surface area contributed by atoms with E-state index in [-0.39, 0.29) is 12.5 Å². The fraction of sp³-hybridized carbons (Fsp3) is 0.938. The lowest BCUT2D eigenvalue weighted by Crippen LogP contribution is -2.57. The molecule has 2 N–H and O–H groups in total. The average molecular weight is 335 g/mol. The summed E-state index contributed by atoms with van der Waals surface area (Å²) in [6.07, 6.45) is 2.83. The molecule has 0 radical (unpaired) electrons. The first kappa shape index (κ1) is 18.5. The van der Waals surface area contributed by atoms with Crippen molar-refractivity contribution in [3.05, 3.63) is 0 Å². The lowest BCUT2D eigenvalue weighted by Gasteiger charge is -2.36. The van der Waals surface area contributed by atoms with Gasteiger partial charge in [-0.05, 0) is 12.3 Å². The SMILES string of the molecule is O=C(CCC1CCCCC1)NCC(N1CCNCC1)C(F)(F)F. The van der Waals surface area contributed by atoms with Crippen molar-refractivity contribution >= 4 is 5.91 Å². The van der Waals surface area contributed by atoms with Crippen LogP contribution in [0.2, 0.25) is 0 Å². The van der Waals surface area contributed by atoms with Crippen LogP contribution < -0.4 is 10.6 Å². The van der Waals surface area contributed by atoms with Gasteiger partial charge in [-0.2, -0.15) is 13.2 Å². The maximum atomic E-state index is 13.2. The van der Waals surface area contributed by atoms with Crippen LogP contribution in [0, 0.1) is 5.92 Å². The highest BCUT2D eigenvalue weighted by atomic mass is 19.4. The van der Waals surface area contributed by atoms with Crippen LogP contribution in [0.1, 0.15) is 44.9 Å². The number of hydrogen-bond donors (Lipinski definition) is 2. The molecular weight excluding hydrogens is 307 g/mol. The Morgan fingerprint density at radius 2 is 1.83 bits per heavy atom. The zero-order valence-electron chi connectivity index (χ0n) is 13.6. The van der Waals surface area contributed by atoms with Crippen molar-refractivity contribution in [1.82, 2.24) is 15.5 Å². The third kappa shape index (κ3) is 6.30. The Balaban J connectivity index is 1.74. The molecule has 1 amide bonds. The molecule has 1 saturated heterocycles. The Labute approximate surface area is 136 Å². The van der Waals surface area contributed by atoms with Crippen LogP contribution in [-0.4, -0.2) is 55.7 Å². The Hall–Kier alpha value is -0.820. The highest BCUT2D eigenvalue weighted by Crippen LogP contribution is 2.27. The van der Waals surface area contributed by atoms with Gasteiger partial charge in [0.1, 0.15) is 6.04 Å². The highest BCUT2D eigenvalue weighted by Gasteiger charge is 2.43. The molecular formula is C16H28F3N3O. The standard InChI is InChI=1S/C16H28F3N3O/c17-16(18,19)14(22-10-8-20-9-11-22)12-21-15(23)7-6-13-4-2-1-3-5-13/h13-14,20H,1-12H2,(H,21,23). The van der Waals surface area contributed by atoms with E-state index in [4.69, 9.17) is 0 Å². The summed E-state index contributed by atoms with van der Waals surface area (Å²) in [5.74, 6) is 0.320. The van der Waals surface area contributed by atoms with Gasteiger partial charge in [0, 0.05) is 39.1 Å². The molecule has 2 fully saturated rings. The Morgan fingerprint density at radius 3 is 2.43 bits per heavy atom. The quantitative estimate of drug-likeness (QED) is 0.783. The van der Waals surface area contributed by atoms with Gasteiger partial charge in [0.05, 0.1) is 0 Å². The van der Waals surface area contributed by atoms with E-state index >= 15 is 0 Å². The zero-order chi connectivity index (χ0) is 16.7. The Kier molecular flexibility index (Phi) is 7.14. The Bertz CT molecular complexity index is 364. The van der Waals surface area contributed by atoms with Gasteiger partial charge in [-0.3, -0.25) is 9.69 Å². The van der Waals surface area contributed by atoms with Gasteiger partial charge in [-0.1, -0.05) is 32.1 Å². The number of carbonyl (C=O) groups is 1. The van der Waals surface area contributed by atoms with Gasteiger partial charge < -0.3 is 10.6 Å². The largest absolute Gasteiger partial charge is 0.405 e. The van der Waals surface area contributed by atoms with Crippen LogP contribution in [-0.2, 0) is 4.79 Å². The lowest BCUT2D eigenvalue weighted by molar-refractivity contribution is -0.184. The summed E-state index contributed by atoms with van der Waals surface area (Å²) in [4.78, 5) is 13.3. The van der Waals surface area contributed by atoms with Crippen molar-refractivity contribution in [3.63, 3.8) is 0 Å². The lowest BCUT2D eigenvalue weighted by atomic mass is 9.86. The van der Waals surface area contributed by atoms with E-state index in [2.05, 4.69) is 10.6 Å². The van der Waals surface area contributed by atoms with Gasteiger partial charge >= 0.3 is 6.18 Å². The fourth-order valence-corrected chi connectivity index (χ4v) is 3.56. The van der Waals surface area contributed by atoms with Crippen molar-refractivity contribution in [3.8, 4) is 0 Å². The molecule has 0 spiro atoms. The number of nitrogens with one attached hydrogen (secondary N) is 2. The molecule has 134 valence electrons. The van der Waals surface area contributed by atoms with E-state index < -0.39 is 12.2 Å². The van der Waals surface area contributed by atoms with E-state index in [1.54, 1.807) is 0 Å². The van der Waals surface area contributed by atoms with Crippen molar-refractivity contribution in [2.75, 3.05) is 32.7 Å². The summed E-state index contributed by atoms with van der Waals surface area (Å²) in [6.45, 7) is 1.50. The summed E-state index contributed by atoms with van der Waals surface area (Å²) in [6, 6.07) is -1.58. The van der Waals surface area contributed by atoms with Crippen LogP contribution in [0.3, 0.4) is 0 Å². The summed E-state index contributed by atoms with van der Waals surface area (Å²) in [5, 5.41) is 5.55. The monoisotopic (exact) mass is 335 g/mol. The van der Waals surface area contributed by atoms with E-state index in [9.17, 15) is 18.0 Å². The second kappa shape index (κ2) is 8.87. The third-order valence-electron chi connectivity index (χ3n) is 4.97. The van der Waals surface area contributed by atoms with Gasteiger partial charge in [0.2, 0.25) is 5.91 Å². The molecule has 1 aliphatic carbocycles. The highest BCUT2D eigenvalue weighted by molar-refractivity contribution is 5.75. The molecule has 1 saturated carbocycles. The van der Waals surface area contributed by atoms with Crippen LogP contribution in [0.4, 0.5) is 13.2 Å². The van der Waals surface area contributed by atoms with Crippen molar-refractivity contribution in [2.24, 2.45) is 5.92 Å². The smallest absolute Gasteiger partial charge is 0.354 e. The van der Waals surface area contributed by atoms with Crippen molar-refractivity contribution in [1.29, 1.82) is 0 Å². The van der Waals surface area contributed by atoms with Crippen LogP contribution in [0.25, 0.3) is 0 Å². The van der Waals surface area contributed by atoms with Gasteiger partial charge in [0.15, 0.2) is 0 Å². The first-order chi connectivity index (χ1) is 11.0. The number of rotatable bonds is 6. The molecule has 1 unspecified atom stereocenters. The summed E-state index contributed by atoms with van der Waals surface area (Å²) in [5.41, 5.74) is 0. The second-order valence-corrected chi connectivity index (χ2v) is 6.69. The molecule has 2 aliphatic rings. The second-order valence-electron chi connectivity index (χ2n) is 6.69. The molecule has 23 heavy (non-hydrogen) atoms. The number of nitrogens with zero attached hydrogens (tertiary/aromatic N) is 1. The molecule has 0 bridgehead atoms. The predicted molar refractivity (Wildman–Crippen MR) is 83.1 cm³/mol. The van der Waals surface area contributed by atoms with Crippen LogP contribution >= 0.6 is 0 Å². The normalized spacial score (nSPS) is 22.7. The van der Waals surface area contributed by atoms with E-state index in [1.807, 2.05) is 0 Å². The van der Waals surface area contributed by atoms with E-state index in [1.165, 1.54) is 24.2 Å². The van der Waals surface area contributed by atoms with Gasteiger partial charge in [-0.15, -0.1) is 0 Å². The molecule has 4 nitrogen and oxygen atoms in total. The summed E-state index contributed by atoms with van der Waals surface area (Å²) >= 11 is 0. The fourth-order valence-electron chi connectivity index (χ4n) is 3.56. The first-order valence-corrected chi connectivity index (χ1v) is 8.75. The predicted octanol–water partition coefficient (Wildman–Crippen LogP) is 2.30. The van der Waals surface area contributed by atoms with Gasteiger partial charge in [0.25, 0.3) is 0 Å². The minimum Gasteiger partial charge on any atom is -0.354 e. The number of alkyl halides is 3. The van der Waals surface area contributed by atoms with Crippen LogP contribution in [0.15, 0.2) is 0 Å². The zero-order valence-corrected chi connectivity index (χ0v) is 13.6. The summed E-state index contributed by atoms with van der Waals surface area (Å²) < 4.78 is 39.7. The maximum Gasteiger partial charge on any atom is 0.405 e. The minimum atomic E-state index is -4.31. The summed E-state index contributed by atoms with van der Waals surface area (Å²) in [7, 11) is 0. The number of amides is 1. The number of carbonyl (C=O) groups excluding carboxylic acids is 1. The maximum absolute atomic E-state index is 13.2. The van der Waals surface area contributed by atoms with Crippen LogP contribution in [0.5, 0.6) is 0 Å². The van der Waals surface area contributed by atoms with Crippen molar-refractivity contribution < 1.29 is 18.0 Å². The molecule has 2 rings (SSSR count). The van der Waals surface area contributed by atoms with E-state index in [0.717, 1.165) is 19.3 Å². The molecule has 0 aromatic carbocycles. The van der Waals surface area contributed by atoms with Crippen molar-refractivity contribution in [2.45, 2.75) is 57.2 Å². The third-order valence-corrected chi connectivity index (χ3v) is 4.97. The average Bonchev–Trinajstić information content (AvgIpc) is 2.54. The molecule has 0 aromatic heterocycles. The number of halogens is 3. The topological polar surface area (TPSA) is 44.4 Å². The number of piperazine rings is 1. The first-order valence-electron chi connectivity index (χ1n) is 8.75. The molecule has 1 heterocycles. The van der Waals surface area contributed by atoms with E-state index in [0.29, 0.717) is 38.5 Å². The number of hydrogen-bond acceptors (Lipinski definition) is 3.